The third-order valence-electron chi connectivity index (χ3n) is 4.36. The summed E-state index contributed by atoms with van der Waals surface area (Å²) in [5.41, 5.74) is 2.14. The molecular weight excluding hydrogens is 322 g/mol. The van der Waals surface area contributed by atoms with Crippen LogP contribution in [0.15, 0.2) is 24.3 Å². The summed E-state index contributed by atoms with van der Waals surface area (Å²) in [4.78, 5) is 22.4. The molecule has 0 aliphatic carbocycles. The number of hydrogen-bond donors (Lipinski definition) is 0. The Labute approximate surface area is 146 Å². The molecule has 2 aromatic rings. The highest BCUT2D eigenvalue weighted by atomic mass is 32.1. The van der Waals surface area contributed by atoms with E-state index in [2.05, 4.69) is 16.8 Å². The van der Waals surface area contributed by atoms with Crippen LogP contribution in [0.25, 0.3) is 0 Å². The van der Waals surface area contributed by atoms with Crippen molar-refractivity contribution in [1.29, 1.82) is 0 Å². The van der Waals surface area contributed by atoms with Gasteiger partial charge >= 0.3 is 0 Å². The molecule has 0 N–H and O–H groups in total. The molecule has 0 saturated carbocycles. The number of aryl methyl sites for hydroxylation is 3. The van der Waals surface area contributed by atoms with Gasteiger partial charge in [-0.1, -0.05) is 18.2 Å². The van der Waals surface area contributed by atoms with E-state index in [9.17, 15) is 4.79 Å². The number of aromatic nitrogens is 1. The van der Waals surface area contributed by atoms with Crippen LogP contribution < -0.4 is 9.64 Å². The molecule has 1 amide bonds. The molecular formula is C18H23N3O2S. The minimum Gasteiger partial charge on any atom is -0.484 e. The first-order valence-corrected chi connectivity index (χ1v) is 9.01. The Morgan fingerprint density at radius 2 is 1.88 bits per heavy atom. The first-order chi connectivity index (χ1) is 11.5. The average Bonchev–Trinajstić information content (AvgIpc) is 2.93. The predicted octanol–water partition coefficient (Wildman–Crippen LogP) is 2.80. The van der Waals surface area contributed by atoms with Gasteiger partial charge in [0.15, 0.2) is 11.7 Å². The third-order valence-corrected chi connectivity index (χ3v) is 5.50. The summed E-state index contributed by atoms with van der Waals surface area (Å²) in [7, 11) is 0. The van der Waals surface area contributed by atoms with E-state index in [1.54, 1.807) is 11.3 Å². The van der Waals surface area contributed by atoms with Gasteiger partial charge in [-0.2, -0.15) is 0 Å². The highest BCUT2D eigenvalue weighted by molar-refractivity contribution is 7.15. The van der Waals surface area contributed by atoms with Gasteiger partial charge in [0.05, 0.1) is 5.69 Å². The van der Waals surface area contributed by atoms with Gasteiger partial charge in [0.2, 0.25) is 0 Å². The number of carbonyl (C=O) groups is 1. The fraction of sp³-hybridized carbons (Fsp3) is 0.444. The molecule has 5 nitrogen and oxygen atoms in total. The minimum absolute atomic E-state index is 0.0457. The molecule has 24 heavy (non-hydrogen) atoms. The van der Waals surface area contributed by atoms with Crippen LogP contribution >= 0.6 is 11.3 Å². The second-order valence-electron chi connectivity index (χ2n) is 6.06. The van der Waals surface area contributed by atoms with E-state index in [1.807, 2.05) is 43.0 Å². The first-order valence-electron chi connectivity index (χ1n) is 8.20. The zero-order chi connectivity index (χ0) is 17.1. The van der Waals surface area contributed by atoms with Crippen molar-refractivity contribution in [2.75, 3.05) is 37.7 Å². The van der Waals surface area contributed by atoms with Gasteiger partial charge in [-0.05, 0) is 32.4 Å². The van der Waals surface area contributed by atoms with E-state index < -0.39 is 0 Å². The fourth-order valence-corrected chi connectivity index (χ4v) is 3.65. The number of piperazine rings is 1. The first kappa shape index (κ1) is 16.8. The van der Waals surface area contributed by atoms with Gasteiger partial charge < -0.3 is 14.5 Å². The Kier molecular flexibility index (Phi) is 5.04. The van der Waals surface area contributed by atoms with Crippen molar-refractivity contribution in [3.63, 3.8) is 0 Å². The molecule has 0 atom stereocenters. The maximum absolute atomic E-state index is 12.4. The molecule has 1 saturated heterocycles. The molecule has 1 aliphatic rings. The topological polar surface area (TPSA) is 45.7 Å². The van der Waals surface area contributed by atoms with Crippen molar-refractivity contribution in [3.05, 3.63) is 40.4 Å². The number of thiazole rings is 1. The molecule has 1 aliphatic heterocycles. The normalized spacial score (nSPS) is 14.8. The molecule has 2 heterocycles. The van der Waals surface area contributed by atoms with Crippen LogP contribution in [-0.4, -0.2) is 48.6 Å². The minimum atomic E-state index is 0.0457. The Hall–Kier alpha value is -2.08. The standard InChI is InChI=1S/C18H23N3O2S/c1-13-6-4-5-7-16(13)23-12-17(22)20-8-10-21(11-9-20)18-19-14(2)15(3)24-18/h4-7H,8-12H2,1-3H3. The number of para-hydroxylation sites is 1. The molecule has 128 valence electrons. The summed E-state index contributed by atoms with van der Waals surface area (Å²) in [6.45, 7) is 9.29. The lowest BCUT2D eigenvalue weighted by Crippen LogP contribution is -2.50. The number of carbonyl (C=O) groups excluding carboxylic acids is 1. The van der Waals surface area contributed by atoms with Gasteiger partial charge in [-0.15, -0.1) is 11.3 Å². The van der Waals surface area contributed by atoms with Crippen LogP contribution in [0.2, 0.25) is 0 Å². The van der Waals surface area contributed by atoms with Crippen LogP contribution in [0, 0.1) is 20.8 Å². The monoisotopic (exact) mass is 345 g/mol. The highest BCUT2D eigenvalue weighted by Gasteiger charge is 2.23. The van der Waals surface area contributed by atoms with Crippen molar-refractivity contribution in [3.8, 4) is 5.75 Å². The number of rotatable bonds is 4. The molecule has 0 spiro atoms. The number of ether oxygens (including phenoxy) is 1. The Balaban J connectivity index is 1.51. The smallest absolute Gasteiger partial charge is 0.260 e. The molecule has 0 unspecified atom stereocenters. The Bertz CT molecular complexity index is 701. The van der Waals surface area contributed by atoms with Gasteiger partial charge in [0, 0.05) is 31.1 Å². The Morgan fingerprint density at radius 1 is 1.17 bits per heavy atom. The van der Waals surface area contributed by atoms with Crippen LogP contribution in [0.5, 0.6) is 5.75 Å². The lowest BCUT2D eigenvalue weighted by molar-refractivity contribution is -0.133. The SMILES string of the molecule is Cc1ccccc1OCC(=O)N1CCN(c2nc(C)c(C)s2)CC1. The lowest BCUT2D eigenvalue weighted by atomic mass is 10.2. The van der Waals surface area contributed by atoms with Gasteiger partial charge in [0.1, 0.15) is 5.75 Å². The molecule has 6 heteroatoms. The molecule has 0 bridgehead atoms. The van der Waals surface area contributed by atoms with Gasteiger partial charge in [0.25, 0.3) is 5.91 Å². The summed E-state index contributed by atoms with van der Waals surface area (Å²) in [6.07, 6.45) is 0. The summed E-state index contributed by atoms with van der Waals surface area (Å²) in [5, 5.41) is 1.06. The second kappa shape index (κ2) is 7.21. The average molecular weight is 345 g/mol. The van der Waals surface area contributed by atoms with Crippen LogP contribution in [0.4, 0.5) is 5.13 Å². The van der Waals surface area contributed by atoms with E-state index >= 15 is 0 Å². The van der Waals surface area contributed by atoms with Crippen molar-refractivity contribution in [1.82, 2.24) is 9.88 Å². The van der Waals surface area contributed by atoms with Gasteiger partial charge in [-0.25, -0.2) is 4.98 Å². The van der Waals surface area contributed by atoms with Crippen molar-refractivity contribution in [2.24, 2.45) is 0 Å². The van der Waals surface area contributed by atoms with E-state index in [1.165, 1.54) is 4.88 Å². The lowest BCUT2D eigenvalue weighted by Gasteiger charge is -2.34. The largest absolute Gasteiger partial charge is 0.484 e. The van der Waals surface area contributed by atoms with Crippen molar-refractivity contribution in [2.45, 2.75) is 20.8 Å². The van der Waals surface area contributed by atoms with Crippen LogP contribution in [0.3, 0.4) is 0 Å². The fourth-order valence-electron chi connectivity index (χ4n) is 2.69. The number of benzene rings is 1. The quantitative estimate of drug-likeness (QED) is 0.855. The predicted molar refractivity (Wildman–Crippen MR) is 97.1 cm³/mol. The molecule has 3 rings (SSSR count). The maximum atomic E-state index is 12.4. The third kappa shape index (κ3) is 3.70. The zero-order valence-electron chi connectivity index (χ0n) is 14.4. The number of amides is 1. The van der Waals surface area contributed by atoms with E-state index in [0.29, 0.717) is 13.1 Å². The molecule has 0 radical (unpaired) electrons. The van der Waals surface area contributed by atoms with Crippen LogP contribution in [-0.2, 0) is 4.79 Å². The highest BCUT2D eigenvalue weighted by Crippen LogP contribution is 2.26. The number of nitrogens with zero attached hydrogens (tertiary/aromatic N) is 3. The summed E-state index contributed by atoms with van der Waals surface area (Å²) in [6, 6.07) is 7.76. The molecule has 1 fully saturated rings. The summed E-state index contributed by atoms with van der Waals surface area (Å²) >= 11 is 1.73. The second-order valence-corrected chi connectivity index (χ2v) is 7.24. The van der Waals surface area contributed by atoms with Crippen molar-refractivity contribution < 1.29 is 9.53 Å². The summed E-state index contributed by atoms with van der Waals surface area (Å²) < 4.78 is 5.67. The molecule has 1 aromatic carbocycles. The van der Waals surface area contributed by atoms with Gasteiger partial charge in [-0.3, -0.25) is 4.79 Å². The molecule has 1 aromatic heterocycles. The zero-order valence-corrected chi connectivity index (χ0v) is 15.2. The van der Waals surface area contributed by atoms with E-state index in [0.717, 1.165) is 35.2 Å². The summed E-state index contributed by atoms with van der Waals surface area (Å²) in [5.74, 6) is 0.822. The van der Waals surface area contributed by atoms with Crippen molar-refractivity contribution >= 4 is 22.4 Å². The number of anilines is 1. The Morgan fingerprint density at radius 3 is 2.50 bits per heavy atom. The maximum Gasteiger partial charge on any atom is 0.260 e. The van der Waals surface area contributed by atoms with Crippen LogP contribution in [0.1, 0.15) is 16.1 Å². The van der Waals surface area contributed by atoms with E-state index in [-0.39, 0.29) is 12.5 Å². The number of hydrogen-bond acceptors (Lipinski definition) is 5. The van der Waals surface area contributed by atoms with E-state index in [4.69, 9.17) is 4.74 Å².